The van der Waals surface area contributed by atoms with E-state index < -0.39 is 5.44 Å². The van der Waals surface area contributed by atoms with Crippen LogP contribution in [-0.4, -0.2) is 52.2 Å². The van der Waals surface area contributed by atoms with Crippen molar-refractivity contribution < 1.29 is 23.9 Å². The third-order valence-electron chi connectivity index (χ3n) is 4.76. The molecule has 0 saturated carbocycles. The smallest absolute Gasteiger partial charge is 0.291 e. The molecule has 0 bridgehead atoms. The van der Waals surface area contributed by atoms with Gasteiger partial charge < -0.3 is 14.4 Å². The van der Waals surface area contributed by atoms with E-state index in [1.807, 2.05) is 30.3 Å². The van der Waals surface area contributed by atoms with Crippen LogP contribution in [0.1, 0.15) is 22.3 Å². The number of nitrogens with zero attached hydrogens (tertiary/aromatic N) is 2. The molecule has 156 valence electrons. The number of carbonyl (C=O) groups is 3. The predicted octanol–water partition coefficient (Wildman–Crippen LogP) is 3.76. The van der Waals surface area contributed by atoms with E-state index in [0.717, 1.165) is 17.3 Å². The summed E-state index contributed by atoms with van der Waals surface area (Å²) in [4.78, 5) is 40.0. The van der Waals surface area contributed by atoms with Gasteiger partial charge in [0.2, 0.25) is 0 Å². The van der Waals surface area contributed by atoms with Gasteiger partial charge in [0, 0.05) is 11.6 Å². The molecule has 30 heavy (non-hydrogen) atoms. The van der Waals surface area contributed by atoms with Gasteiger partial charge in [0.15, 0.2) is 12.2 Å². The SMILES string of the molecule is O=C1c2cc(Cl)ccc2OCN1CCCOC1SC(=O)N(Cc2ccccc2)C1=O. The first-order valence-electron chi connectivity index (χ1n) is 9.42. The summed E-state index contributed by atoms with van der Waals surface area (Å²) in [5, 5.41) is 0.152. The van der Waals surface area contributed by atoms with Gasteiger partial charge in [0.1, 0.15) is 5.75 Å². The van der Waals surface area contributed by atoms with E-state index in [9.17, 15) is 14.4 Å². The Labute approximate surface area is 182 Å². The average Bonchev–Trinajstić information content (AvgIpc) is 3.01. The van der Waals surface area contributed by atoms with Crippen LogP contribution in [0.5, 0.6) is 5.75 Å². The van der Waals surface area contributed by atoms with E-state index in [4.69, 9.17) is 21.1 Å². The fraction of sp³-hybridized carbons (Fsp3) is 0.286. The molecule has 9 heteroatoms. The second kappa shape index (κ2) is 9.07. The molecule has 1 saturated heterocycles. The van der Waals surface area contributed by atoms with Crippen molar-refractivity contribution in [3.63, 3.8) is 0 Å². The Morgan fingerprint density at radius 2 is 1.93 bits per heavy atom. The number of amides is 3. The summed E-state index contributed by atoms with van der Waals surface area (Å²) in [5.74, 6) is 0.00552. The number of carbonyl (C=O) groups excluding carboxylic acids is 3. The minimum atomic E-state index is -0.853. The molecule has 0 aromatic heterocycles. The Morgan fingerprint density at radius 1 is 1.13 bits per heavy atom. The van der Waals surface area contributed by atoms with Gasteiger partial charge in [0.25, 0.3) is 17.1 Å². The van der Waals surface area contributed by atoms with Crippen LogP contribution in [0.25, 0.3) is 0 Å². The van der Waals surface area contributed by atoms with Gasteiger partial charge in [-0.1, -0.05) is 41.9 Å². The largest absolute Gasteiger partial charge is 0.472 e. The zero-order valence-corrected chi connectivity index (χ0v) is 17.5. The molecule has 4 rings (SSSR count). The number of ether oxygens (including phenoxy) is 2. The minimum Gasteiger partial charge on any atom is -0.472 e. The monoisotopic (exact) mass is 446 g/mol. The third kappa shape index (κ3) is 4.45. The van der Waals surface area contributed by atoms with Crippen molar-refractivity contribution in [1.82, 2.24) is 9.80 Å². The maximum Gasteiger partial charge on any atom is 0.291 e. The molecule has 0 radical (unpaired) electrons. The van der Waals surface area contributed by atoms with E-state index in [1.165, 1.54) is 4.90 Å². The van der Waals surface area contributed by atoms with Crippen LogP contribution >= 0.6 is 23.4 Å². The van der Waals surface area contributed by atoms with Gasteiger partial charge >= 0.3 is 0 Å². The molecule has 1 atom stereocenters. The first-order valence-corrected chi connectivity index (χ1v) is 10.7. The summed E-state index contributed by atoms with van der Waals surface area (Å²) in [6, 6.07) is 14.3. The number of imide groups is 1. The van der Waals surface area contributed by atoms with E-state index in [2.05, 4.69) is 0 Å². The van der Waals surface area contributed by atoms with Gasteiger partial charge in [-0.3, -0.25) is 19.3 Å². The lowest BCUT2D eigenvalue weighted by Gasteiger charge is -2.28. The van der Waals surface area contributed by atoms with Crippen LogP contribution in [-0.2, 0) is 16.1 Å². The molecule has 1 fully saturated rings. The highest BCUT2D eigenvalue weighted by Crippen LogP contribution is 2.30. The number of hydrogen-bond donors (Lipinski definition) is 0. The Morgan fingerprint density at radius 3 is 2.73 bits per heavy atom. The molecule has 0 N–H and O–H groups in total. The fourth-order valence-corrected chi connectivity index (χ4v) is 4.25. The maximum absolute atomic E-state index is 12.6. The topological polar surface area (TPSA) is 76.2 Å². The van der Waals surface area contributed by atoms with Gasteiger partial charge in [0.05, 0.1) is 18.7 Å². The zero-order chi connectivity index (χ0) is 21.1. The van der Waals surface area contributed by atoms with Crippen molar-refractivity contribution in [2.45, 2.75) is 18.4 Å². The Kier molecular flexibility index (Phi) is 6.26. The van der Waals surface area contributed by atoms with Crippen LogP contribution < -0.4 is 4.74 Å². The molecular weight excluding hydrogens is 428 g/mol. The third-order valence-corrected chi connectivity index (χ3v) is 5.97. The van der Waals surface area contributed by atoms with Crippen LogP contribution in [0.15, 0.2) is 48.5 Å². The predicted molar refractivity (Wildman–Crippen MR) is 112 cm³/mol. The molecule has 2 heterocycles. The quantitative estimate of drug-likeness (QED) is 0.603. The van der Waals surface area contributed by atoms with Crippen LogP contribution in [0.4, 0.5) is 4.79 Å². The standard InChI is InChI=1S/C21H19ClN2O5S/c22-15-7-8-17-16(11-15)18(25)23(13-29-17)9-4-10-28-20-19(26)24(21(27)30-20)12-14-5-2-1-3-6-14/h1-3,5-8,11,20H,4,9-10,12-13H2. The minimum absolute atomic E-state index is 0.147. The lowest BCUT2D eigenvalue weighted by atomic mass is 10.1. The molecule has 2 aliphatic heterocycles. The van der Waals surface area contributed by atoms with Crippen molar-refractivity contribution in [3.05, 3.63) is 64.7 Å². The number of hydrogen-bond acceptors (Lipinski definition) is 6. The molecule has 7 nitrogen and oxygen atoms in total. The summed E-state index contributed by atoms with van der Waals surface area (Å²) in [7, 11) is 0. The summed E-state index contributed by atoms with van der Waals surface area (Å²) in [5.41, 5.74) is 0.455. The highest BCUT2D eigenvalue weighted by molar-refractivity contribution is 8.15. The number of thioether (sulfide) groups is 1. The van der Waals surface area contributed by atoms with Gasteiger partial charge in [-0.05, 0) is 41.9 Å². The summed E-state index contributed by atoms with van der Waals surface area (Å²) >= 11 is 6.84. The fourth-order valence-electron chi connectivity index (χ4n) is 3.22. The maximum atomic E-state index is 12.6. The van der Waals surface area contributed by atoms with Gasteiger partial charge in [-0.15, -0.1) is 0 Å². The van der Waals surface area contributed by atoms with Crippen molar-refractivity contribution in [2.24, 2.45) is 0 Å². The van der Waals surface area contributed by atoms with Crippen LogP contribution in [0.3, 0.4) is 0 Å². The molecule has 2 aromatic carbocycles. The summed E-state index contributed by atoms with van der Waals surface area (Å²) in [6.45, 7) is 1.01. The molecule has 0 spiro atoms. The van der Waals surface area contributed by atoms with Crippen molar-refractivity contribution >= 4 is 40.4 Å². The van der Waals surface area contributed by atoms with Gasteiger partial charge in [-0.25, -0.2) is 0 Å². The Bertz CT molecular complexity index is 971. The number of halogens is 1. The molecule has 0 aliphatic carbocycles. The second-order valence-electron chi connectivity index (χ2n) is 6.83. The first kappa shape index (κ1) is 20.7. The molecule has 2 aromatic rings. The number of fused-ring (bicyclic) bond motifs is 1. The zero-order valence-electron chi connectivity index (χ0n) is 16.0. The number of benzene rings is 2. The normalized spacial score (nSPS) is 18.6. The molecule has 2 aliphatic rings. The lowest BCUT2D eigenvalue weighted by molar-refractivity contribution is -0.134. The summed E-state index contributed by atoms with van der Waals surface area (Å²) in [6.07, 6.45) is 0.502. The van der Waals surface area contributed by atoms with E-state index in [1.54, 1.807) is 23.1 Å². The summed E-state index contributed by atoms with van der Waals surface area (Å²) < 4.78 is 11.2. The molecular formula is C21H19ClN2O5S. The first-order chi connectivity index (χ1) is 14.5. The molecule has 1 unspecified atom stereocenters. The Balaban J connectivity index is 1.25. The van der Waals surface area contributed by atoms with Gasteiger partial charge in [-0.2, -0.15) is 0 Å². The van der Waals surface area contributed by atoms with Crippen molar-refractivity contribution in [2.75, 3.05) is 19.9 Å². The average molecular weight is 447 g/mol. The van der Waals surface area contributed by atoms with E-state index >= 15 is 0 Å². The van der Waals surface area contributed by atoms with Crippen LogP contribution in [0.2, 0.25) is 5.02 Å². The highest BCUT2D eigenvalue weighted by atomic mass is 35.5. The van der Waals surface area contributed by atoms with Crippen molar-refractivity contribution in [3.8, 4) is 5.75 Å². The lowest BCUT2D eigenvalue weighted by Crippen LogP contribution is -2.39. The van der Waals surface area contributed by atoms with E-state index in [-0.39, 0.29) is 36.9 Å². The van der Waals surface area contributed by atoms with Crippen molar-refractivity contribution in [1.29, 1.82) is 0 Å². The molecule has 3 amide bonds. The van der Waals surface area contributed by atoms with E-state index in [0.29, 0.717) is 29.3 Å². The Hall–Kier alpha value is -2.55. The highest BCUT2D eigenvalue weighted by Gasteiger charge is 2.40. The number of rotatable bonds is 7. The van der Waals surface area contributed by atoms with Crippen LogP contribution in [0, 0.1) is 0 Å². The second-order valence-corrected chi connectivity index (χ2v) is 8.28.